The second-order valence-electron chi connectivity index (χ2n) is 9.26. The maximum absolute atomic E-state index is 12.9. The molecule has 1 aliphatic rings. The summed E-state index contributed by atoms with van der Waals surface area (Å²) >= 11 is 0. The molecule has 1 N–H and O–H groups in total. The predicted molar refractivity (Wildman–Crippen MR) is 125 cm³/mol. The van der Waals surface area contributed by atoms with E-state index in [1.807, 2.05) is 6.92 Å². The lowest BCUT2D eigenvalue weighted by Gasteiger charge is -2.32. The second-order valence-corrected chi connectivity index (χ2v) is 11.0. The first-order chi connectivity index (χ1) is 15.2. The third-order valence-corrected chi connectivity index (χ3v) is 8.11. The summed E-state index contributed by atoms with van der Waals surface area (Å²) in [6.45, 7) is 8.91. The number of rotatable bonds is 15. The van der Waals surface area contributed by atoms with Crippen LogP contribution in [0.1, 0.15) is 98.3 Å². The number of ether oxygens (including phenoxy) is 2. The van der Waals surface area contributed by atoms with Gasteiger partial charge in [-0.3, -0.25) is 14.1 Å². The summed E-state index contributed by atoms with van der Waals surface area (Å²) in [6.07, 6.45) is 8.19. The summed E-state index contributed by atoms with van der Waals surface area (Å²) in [6, 6.07) is 0. The van der Waals surface area contributed by atoms with Crippen molar-refractivity contribution in [3.63, 3.8) is 0 Å². The molecule has 1 aliphatic carbocycles. The van der Waals surface area contributed by atoms with Crippen LogP contribution in [0, 0.1) is 23.7 Å². The number of esters is 2. The maximum Gasteiger partial charge on any atom is 0.309 e. The molecule has 8 heteroatoms. The van der Waals surface area contributed by atoms with E-state index < -0.39 is 39.1 Å². The number of hydrogen-bond acceptors (Lipinski definition) is 6. The minimum Gasteiger partial charge on any atom is -0.465 e. The van der Waals surface area contributed by atoms with Gasteiger partial charge in [0.25, 0.3) is 10.1 Å². The Morgan fingerprint density at radius 3 is 1.72 bits per heavy atom. The van der Waals surface area contributed by atoms with Crippen LogP contribution in [-0.4, -0.2) is 43.4 Å². The van der Waals surface area contributed by atoms with Gasteiger partial charge in [-0.2, -0.15) is 8.42 Å². The fourth-order valence-electron chi connectivity index (χ4n) is 4.36. The molecule has 32 heavy (non-hydrogen) atoms. The molecule has 0 amide bonds. The van der Waals surface area contributed by atoms with Gasteiger partial charge in [-0.05, 0) is 43.9 Å². The average Bonchev–Trinajstić information content (AvgIpc) is 2.77. The smallest absolute Gasteiger partial charge is 0.309 e. The molecule has 7 nitrogen and oxygen atoms in total. The highest BCUT2D eigenvalue weighted by atomic mass is 32.2. The van der Waals surface area contributed by atoms with Crippen LogP contribution in [0.2, 0.25) is 0 Å². The summed E-state index contributed by atoms with van der Waals surface area (Å²) in [5, 5.41) is -1.06. The van der Waals surface area contributed by atoms with Gasteiger partial charge < -0.3 is 9.47 Å². The van der Waals surface area contributed by atoms with E-state index in [0.717, 1.165) is 51.4 Å². The molecule has 0 spiro atoms. The van der Waals surface area contributed by atoms with E-state index in [1.54, 1.807) is 0 Å². The third-order valence-electron chi connectivity index (χ3n) is 6.84. The highest BCUT2D eigenvalue weighted by Crippen LogP contribution is 2.35. The van der Waals surface area contributed by atoms with Crippen LogP contribution in [-0.2, 0) is 29.2 Å². The molecule has 1 saturated carbocycles. The first-order valence-corrected chi connectivity index (χ1v) is 14.0. The summed E-state index contributed by atoms with van der Waals surface area (Å²) in [7, 11) is -4.29. The predicted octanol–water partition coefficient (Wildman–Crippen LogP) is 5.18. The Bertz CT molecular complexity index is 661. The lowest BCUT2D eigenvalue weighted by atomic mass is 9.79. The monoisotopic (exact) mass is 476 g/mol. The first kappa shape index (κ1) is 28.9. The molecule has 0 heterocycles. The van der Waals surface area contributed by atoms with E-state index >= 15 is 0 Å². The fourth-order valence-corrected chi connectivity index (χ4v) is 5.24. The number of carbonyl (C=O) groups excluding carboxylic acids is 2. The zero-order chi connectivity index (χ0) is 24.1. The van der Waals surface area contributed by atoms with Crippen LogP contribution in [0.3, 0.4) is 0 Å². The van der Waals surface area contributed by atoms with Crippen molar-refractivity contribution in [3.05, 3.63) is 0 Å². The maximum atomic E-state index is 12.9. The number of hydrogen-bond donors (Lipinski definition) is 1. The largest absolute Gasteiger partial charge is 0.465 e. The van der Waals surface area contributed by atoms with E-state index in [4.69, 9.17) is 9.47 Å². The van der Waals surface area contributed by atoms with Gasteiger partial charge in [-0.15, -0.1) is 0 Å². The molecular weight excluding hydrogens is 432 g/mol. The van der Waals surface area contributed by atoms with E-state index in [-0.39, 0.29) is 37.7 Å². The van der Waals surface area contributed by atoms with Gasteiger partial charge in [-0.25, -0.2) is 0 Å². The molecule has 5 unspecified atom stereocenters. The quantitative estimate of drug-likeness (QED) is 0.256. The zero-order valence-electron chi connectivity index (χ0n) is 20.4. The van der Waals surface area contributed by atoms with E-state index in [9.17, 15) is 22.6 Å². The summed E-state index contributed by atoms with van der Waals surface area (Å²) in [5.41, 5.74) is 0. The Hall–Kier alpha value is -1.15. The molecule has 0 aromatic heterocycles. The van der Waals surface area contributed by atoms with Gasteiger partial charge in [0.1, 0.15) is 0 Å². The second kappa shape index (κ2) is 14.9. The third kappa shape index (κ3) is 9.77. The molecule has 0 bridgehead atoms. The van der Waals surface area contributed by atoms with Crippen molar-refractivity contribution in [2.24, 2.45) is 23.7 Å². The molecule has 0 radical (unpaired) electrons. The molecule has 1 fully saturated rings. The van der Waals surface area contributed by atoms with Gasteiger partial charge in [0, 0.05) is 0 Å². The summed E-state index contributed by atoms with van der Waals surface area (Å²) < 4.78 is 44.0. The fraction of sp³-hybridized carbons (Fsp3) is 0.917. The van der Waals surface area contributed by atoms with Crippen molar-refractivity contribution in [2.45, 2.75) is 104 Å². The average molecular weight is 477 g/mol. The lowest BCUT2D eigenvalue weighted by Crippen LogP contribution is -2.42. The van der Waals surface area contributed by atoms with Gasteiger partial charge in [0.15, 0.2) is 0 Å². The molecule has 1 rings (SSSR count). The van der Waals surface area contributed by atoms with Crippen molar-refractivity contribution in [3.8, 4) is 0 Å². The van der Waals surface area contributed by atoms with Crippen LogP contribution in [0.25, 0.3) is 0 Å². The topological polar surface area (TPSA) is 107 Å². The number of carbonyl (C=O) groups is 2. The van der Waals surface area contributed by atoms with Crippen molar-refractivity contribution in [1.29, 1.82) is 0 Å². The molecule has 0 aromatic carbocycles. The molecule has 5 atom stereocenters. The summed E-state index contributed by atoms with van der Waals surface area (Å²) in [4.78, 5) is 25.8. The van der Waals surface area contributed by atoms with Crippen LogP contribution < -0.4 is 0 Å². The van der Waals surface area contributed by atoms with E-state index in [0.29, 0.717) is 6.61 Å². The van der Waals surface area contributed by atoms with Crippen molar-refractivity contribution in [2.75, 3.05) is 13.2 Å². The normalized spacial score (nSPS) is 23.3. The van der Waals surface area contributed by atoms with Crippen molar-refractivity contribution >= 4 is 22.1 Å². The molecule has 188 valence electrons. The zero-order valence-corrected chi connectivity index (χ0v) is 21.2. The molecule has 0 aromatic rings. The Labute approximate surface area is 194 Å². The van der Waals surface area contributed by atoms with Gasteiger partial charge in [0.05, 0.1) is 30.3 Å². The van der Waals surface area contributed by atoms with Gasteiger partial charge in [0.2, 0.25) is 0 Å². The molecular formula is C24H44O7S. The Morgan fingerprint density at radius 2 is 1.31 bits per heavy atom. The summed E-state index contributed by atoms with van der Waals surface area (Å²) in [5.74, 6) is -2.15. The highest BCUT2D eigenvalue weighted by Gasteiger charge is 2.44. The standard InChI is InChI=1S/C24H44O7S/c1-5-9-11-18(7-3)16-30-23(25)21-14-13-20(32(27,28)29)15-22(21)24(26)31-17-19(8-4)12-10-6-2/h18-22H,5-17H2,1-4H3,(H,27,28,29). The minimum absolute atomic E-state index is 0.115. The Balaban J connectivity index is 2.83. The molecule has 0 aliphatic heterocycles. The number of unbranched alkanes of at least 4 members (excludes halogenated alkanes) is 2. The first-order valence-electron chi connectivity index (χ1n) is 12.5. The lowest BCUT2D eigenvalue weighted by molar-refractivity contribution is -0.164. The van der Waals surface area contributed by atoms with Crippen LogP contribution >= 0.6 is 0 Å². The van der Waals surface area contributed by atoms with Gasteiger partial charge in [-0.1, -0.05) is 66.2 Å². The van der Waals surface area contributed by atoms with Crippen LogP contribution in [0.4, 0.5) is 0 Å². The van der Waals surface area contributed by atoms with E-state index in [2.05, 4.69) is 20.8 Å². The van der Waals surface area contributed by atoms with Gasteiger partial charge >= 0.3 is 11.9 Å². The minimum atomic E-state index is -4.29. The van der Waals surface area contributed by atoms with Crippen LogP contribution in [0.5, 0.6) is 0 Å². The van der Waals surface area contributed by atoms with Crippen molar-refractivity contribution in [1.82, 2.24) is 0 Å². The van der Waals surface area contributed by atoms with Crippen LogP contribution in [0.15, 0.2) is 0 Å². The Morgan fingerprint density at radius 1 is 0.844 bits per heavy atom. The highest BCUT2D eigenvalue weighted by molar-refractivity contribution is 7.86. The van der Waals surface area contributed by atoms with Crippen molar-refractivity contribution < 1.29 is 32.0 Å². The molecule has 0 saturated heterocycles. The van der Waals surface area contributed by atoms with E-state index in [1.165, 1.54) is 0 Å². The SMILES string of the molecule is CCCCC(CC)COC(=O)C1CCC(S(=O)(=O)O)CC1C(=O)OCC(CC)CCCC. The Kier molecular flexibility index (Phi) is 13.4.